The summed E-state index contributed by atoms with van der Waals surface area (Å²) in [7, 11) is 0. The number of hydrogen-bond donors (Lipinski definition) is 0. The molecule has 23 heavy (non-hydrogen) atoms. The molecule has 1 aromatic carbocycles. The van der Waals surface area contributed by atoms with Crippen LogP contribution in [0, 0.1) is 18.3 Å². The van der Waals surface area contributed by atoms with Crippen molar-refractivity contribution >= 4 is 17.2 Å². The number of benzene rings is 1. The van der Waals surface area contributed by atoms with Gasteiger partial charge in [0.15, 0.2) is 0 Å². The summed E-state index contributed by atoms with van der Waals surface area (Å²) >= 11 is 1.53. The molecule has 1 aromatic heterocycles. The van der Waals surface area contributed by atoms with E-state index < -0.39 is 0 Å². The molecule has 118 valence electrons. The van der Waals surface area contributed by atoms with Crippen LogP contribution in [0.15, 0.2) is 35.7 Å². The number of amides is 1. The van der Waals surface area contributed by atoms with Gasteiger partial charge in [-0.25, -0.2) is 0 Å². The molecule has 2 aromatic rings. The van der Waals surface area contributed by atoms with E-state index in [0.29, 0.717) is 5.56 Å². The molecule has 1 aliphatic rings. The maximum Gasteiger partial charge on any atom is 0.264 e. The van der Waals surface area contributed by atoms with Crippen LogP contribution in [-0.2, 0) is 6.54 Å². The summed E-state index contributed by atoms with van der Waals surface area (Å²) in [5, 5.41) is 10.8. The molecule has 4 nitrogen and oxygen atoms in total. The molecule has 5 heteroatoms. The third-order valence-electron chi connectivity index (χ3n) is 4.21. The van der Waals surface area contributed by atoms with Crippen LogP contribution < -0.4 is 0 Å². The molecule has 0 aliphatic carbocycles. The highest BCUT2D eigenvalue weighted by Crippen LogP contribution is 2.19. The molecule has 1 saturated heterocycles. The molecule has 3 rings (SSSR count). The monoisotopic (exact) mass is 325 g/mol. The van der Waals surface area contributed by atoms with E-state index in [4.69, 9.17) is 5.26 Å². The first-order valence-electron chi connectivity index (χ1n) is 7.72. The molecule has 1 amide bonds. The lowest BCUT2D eigenvalue weighted by molar-refractivity contribution is 0.0632. The standard InChI is InChI=1S/C18H19N3OS/c1-14-6-11-23-17(14)18(22)21-9-7-20(8-10-21)13-16-4-2-15(12-19)3-5-16/h2-6,11H,7-10,13H2,1H3. The van der Waals surface area contributed by atoms with E-state index in [1.165, 1.54) is 16.9 Å². The van der Waals surface area contributed by atoms with Crippen LogP contribution >= 0.6 is 11.3 Å². The highest BCUT2D eigenvalue weighted by Gasteiger charge is 2.23. The van der Waals surface area contributed by atoms with Gasteiger partial charge >= 0.3 is 0 Å². The smallest absolute Gasteiger partial charge is 0.264 e. The van der Waals surface area contributed by atoms with Gasteiger partial charge in [0.25, 0.3) is 5.91 Å². The quantitative estimate of drug-likeness (QED) is 0.872. The highest BCUT2D eigenvalue weighted by molar-refractivity contribution is 7.12. The average Bonchev–Trinajstić information content (AvgIpc) is 3.02. The zero-order valence-corrected chi connectivity index (χ0v) is 14.0. The lowest BCUT2D eigenvalue weighted by atomic mass is 10.1. The third kappa shape index (κ3) is 3.61. The summed E-state index contributed by atoms with van der Waals surface area (Å²) in [5.74, 6) is 0.163. The number of nitrogens with zero attached hydrogens (tertiary/aromatic N) is 3. The Morgan fingerprint density at radius 2 is 1.87 bits per heavy atom. The normalized spacial score (nSPS) is 15.4. The predicted octanol–water partition coefficient (Wildman–Crippen LogP) is 2.89. The van der Waals surface area contributed by atoms with Crippen molar-refractivity contribution in [2.75, 3.05) is 26.2 Å². The number of carbonyl (C=O) groups is 1. The second-order valence-corrected chi connectivity index (χ2v) is 6.73. The van der Waals surface area contributed by atoms with Gasteiger partial charge in [0.2, 0.25) is 0 Å². The molecule has 0 atom stereocenters. The Kier molecular flexibility index (Phi) is 4.75. The number of carbonyl (C=O) groups excluding carboxylic acids is 1. The van der Waals surface area contributed by atoms with Gasteiger partial charge in [0.05, 0.1) is 16.5 Å². The van der Waals surface area contributed by atoms with E-state index in [2.05, 4.69) is 11.0 Å². The molecule has 1 aliphatic heterocycles. The lowest BCUT2D eigenvalue weighted by Crippen LogP contribution is -2.48. The van der Waals surface area contributed by atoms with Crippen LogP contribution in [0.5, 0.6) is 0 Å². The van der Waals surface area contributed by atoms with E-state index in [9.17, 15) is 4.79 Å². The summed E-state index contributed by atoms with van der Waals surface area (Å²) in [6.45, 7) is 6.17. The Morgan fingerprint density at radius 3 is 2.43 bits per heavy atom. The molecule has 1 fully saturated rings. The van der Waals surface area contributed by atoms with Crippen molar-refractivity contribution in [2.24, 2.45) is 0 Å². The van der Waals surface area contributed by atoms with Gasteiger partial charge in [-0.2, -0.15) is 5.26 Å². The van der Waals surface area contributed by atoms with Gasteiger partial charge in [0.1, 0.15) is 0 Å². The molecule has 0 N–H and O–H groups in total. The maximum atomic E-state index is 12.5. The molecule has 0 spiro atoms. The van der Waals surface area contributed by atoms with Gasteiger partial charge in [-0.3, -0.25) is 9.69 Å². The summed E-state index contributed by atoms with van der Waals surface area (Å²) in [6, 6.07) is 11.9. The minimum atomic E-state index is 0.163. The Balaban J connectivity index is 1.55. The molecular weight excluding hydrogens is 306 g/mol. The first kappa shape index (κ1) is 15.7. The lowest BCUT2D eigenvalue weighted by Gasteiger charge is -2.34. The minimum absolute atomic E-state index is 0.163. The summed E-state index contributed by atoms with van der Waals surface area (Å²) in [4.78, 5) is 17.7. The highest BCUT2D eigenvalue weighted by atomic mass is 32.1. The van der Waals surface area contributed by atoms with E-state index in [-0.39, 0.29) is 5.91 Å². The maximum absolute atomic E-state index is 12.5. The molecule has 2 heterocycles. The number of hydrogen-bond acceptors (Lipinski definition) is 4. The van der Waals surface area contributed by atoms with Crippen molar-refractivity contribution in [3.05, 3.63) is 57.3 Å². The van der Waals surface area contributed by atoms with Crippen LogP contribution in [0.3, 0.4) is 0 Å². The van der Waals surface area contributed by atoms with Gasteiger partial charge in [-0.05, 0) is 41.6 Å². The molecular formula is C18H19N3OS. The summed E-state index contributed by atoms with van der Waals surface area (Å²) in [5.41, 5.74) is 2.97. The topological polar surface area (TPSA) is 47.3 Å². The van der Waals surface area contributed by atoms with Crippen molar-refractivity contribution in [1.29, 1.82) is 5.26 Å². The zero-order chi connectivity index (χ0) is 16.2. The van der Waals surface area contributed by atoms with E-state index in [0.717, 1.165) is 43.2 Å². The average molecular weight is 325 g/mol. The number of thiophene rings is 1. The van der Waals surface area contributed by atoms with Crippen molar-refractivity contribution in [2.45, 2.75) is 13.5 Å². The Hall–Kier alpha value is -2.16. The number of piperazine rings is 1. The largest absolute Gasteiger partial charge is 0.335 e. The fourth-order valence-electron chi connectivity index (χ4n) is 2.79. The zero-order valence-electron chi connectivity index (χ0n) is 13.2. The molecule has 0 saturated carbocycles. The van der Waals surface area contributed by atoms with Crippen molar-refractivity contribution < 1.29 is 4.79 Å². The summed E-state index contributed by atoms with van der Waals surface area (Å²) < 4.78 is 0. The number of nitriles is 1. The van der Waals surface area contributed by atoms with Crippen molar-refractivity contribution in [3.63, 3.8) is 0 Å². The van der Waals surface area contributed by atoms with Crippen molar-refractivity contribution in [1.82, 2.24) is 9.80 Å². The van der Waals surface area contributed by atoms with Gasteiger partial charge in [-0.15, -0.1) is 11.3 Å². The first-order valence-corrected chi connectivity index (χ1v) is 8.60. The molecule has 0 radical (unpaired) electrons. The minimum Gasteiger partial charge on any atom is -0.335 e. The molecule has 0 bridgehead atoms. The van der Waals surface area contributed by atoms with Gasteiger partial charge in [-0.1, -0.05) is 12.1 Å². The fraction of sp³-hybridized carbons (Fsp3) is 0.333. The van der Waals surface area contributed by atoms with E-state index in [1.54, 1.807) is 0 Å². The number of rotatable bonds is 3. The van der Waals surface area contributed by atoms with Crippen LogP contribution in [0.25, 0.3) is 0 Å². The van der Waals surface area contributed by atoms with Gasteiger partial charge in [0, 0.05) is 32.7 Å². The second-order valence-electron chi connectivity index (χ2n) is 5.81. The third-order valence-corrected chi connectivity index (χ3v) is 5.21. The first-order chi connectivity index (χ1) is 11.2. The SMILES string of the molecule is Cc1ccsc1C(=O)N1CCN(Cc2ccc(C#N)cc2)CC1. The molecule has 0 unspecified atom stereocenters. The van der Waals surface area contributed by atoms with Crippen molar-refractivity contribution in [3.8, 4) is 6.07 Å². The Morgan fingerprint density at radius 1 is 1.17 bits per heavy atom. The van der Waals surface area contributed by atoms with Crippen LogP contribution in [0.4, 0.5) is 0 Å². The fourth-order valence-corrected chi connectivity index (χ4v) is 3.68. The number of aryl methyl sites for hydroxylation is 1. The van der Waals surface area contributed by atoms with Gasteiger partial charge < -0.3 is 4.90 Å². The van der Waals surface area contributed by atoms with E-state index >= 15 is 0 Å². The summed E-state index contributed by atoms with van der Waals surface area (Å²) in [6.07, 6.45) is 0. The second kappa shape index (κ2) is 6.95. The Bertz CT molecular complexity index is 721. The van der Waals surface area contributed by atoms with Crippen LogP contribution in [-0.4, -0.2) is 41.9 Å². The van der Waals surface area contributed by atoms with Crippen LogP contribution in [0.2, 0.25) is 0 Å². The van der Waals surface area contributed by atoms with E-state index in [1.807, 2.05) is 47.5 Å². The van der Waals surface area contributed by atoms with Crippen LogP contribution in [0.1, 0.15) is 26.4 Å². The Labute approximate surface area is 140 Å². The predicted molar refractivity (Wildman–Crippen MR) is 91.4 cm³/mol.